The van der Waals surface area contributed by atoms with Crippen LogP contribution in [-0.4, -0.2) is 21.4 Å². The van der Waals surface area contributed by atoms with Gasteiger partial charge in [-0.25, -0.2) is 4.68 Å². The Labute approximate surface area is 129 Å². The number of nitrogens with one attached hydrogen (secondary N) is 1. The summed E-state index contributed by atoms with van der Waals surface area (Å²) >= 11 is 1.61. The van der Waals surface area contributed by atoms with Gasteiger partial charge in [0, 0.05) is 17.9 Å². The lowest BCUT2D eigenvalue weighted by atomic mass is 10.2. The number of thioether (sulfide) groups is 1. The van der Waals surface area contributed by atoms with E-state index in [9.17, 15) is 4.79 Å². The summed E-state index contributed by atoms with van der Waals surface area (Å²) in [4.78, 5) is 12.0. The zero-order valence-electron chi connectivity index (χ0n) is 12.7. The molecule has 1 aromatic carbocycles. The highest BCUT2D eigenvalue weighted by Gasteiger charge is 2.09. The summed E-state index contributed by atoms with van der Waals surface area (Å²) < 4.78 is 1.81. The maximum Gasteiger partial charge on any atom is 0.235 e. The number of hydrogen-bond donors (Lipinski definition) is 1. The number of hydrogen-bond acceptors (Lipinski definition) is 3. The van der Waals surface area contributed by atoms with Crippen molar-refractivity contribution < 1.29 is 4.79 Å². The van der Waals surface area contributed by atoms with Crippen molar-refractivity contribution in [2.75, 3.05) is 11.1 Å². The van der Waals surface area contributed by atoms with Gasteiger partial charge in [0.05, 0.1) is 11.9 Å². The van der Waals surface area contributed by atoms with Gasteiger partial charge in [0.1, 0.15) is 5.82 Å². The Kier molecular flexibility index (Phi) is 5.44. The van der Waals surface area contributed by atoms with E-state index >= 15 is 0 Å². The van der Waals surface area contributed by atoms with Crippen LogP contribution in [0.1, 0.15) is 31.0 Å². The number of nitrogens with zero attached hydrogens (tertiary/aromatic N) is 2. The topological polar surface area (TPSA) is 46.9 Å². The number of aryl methyl sites for hydroxylation is 1. The second-order valence-electron chi connectivity index (χ2n) is 5.28. The predicted octanol–water partition coefficient (Wildman–Crippen LogP) is 3.64. The molecule has 1 heterocycles. The average Bonchev–Trinajstić information content (AvgIpc) is 2.89. The van der Waals surface area contributed by atoms with E-state index in [1.807, 2.05) is 24.6 Å². The molecule has 2 aromatic rings. The molecular formula is C16H21N3OS. The van der Waals surface area contributed by atoms with Crippen molar-refractivity contribution in [1.29, 1.82) is 0 Å². The maximum absolute atomic E-state index is 12.0. The summed E-state index contributed by atoms with van der Waals surface area (Å²) in [7, 11) is 0. The van der Waals surface area contributed by atoms with Gasteiger partial charge in [0.15, 0.2) is 0 Å². The van der Waals surface area contributed by atoms with Gasteiger partial charge in [-0.3, -0.25) is 4.79 Å². The first-order valence-electron chi connectivity index (χ1n) is 7.03. The molecule has 0 spiro atoms. The first kappa shape index (κ1) is 15.6. The van der Waals surface area contributed by atoms with Crippen LogP contribution in [-0.2, 0) is 10.5 Å². The normalized spacial score (nSPS) is 10.9. The van der Waals surface area contributed by atoms with Crippen LogP contribution in [0.5, 0.6) is 0 Å². The third-order valence-corrected chi connectivity index (χ3v) is 4.05. The molecule has 0 atom stereocenters. The fourth-order valence-corrected chi connectivity index (χ4v) is 2.74. The second kappa shape index (κ2) is 7.31. The number of rotatable bonds is 6. The summed E-state index contributed by atoms with van der Waals surface area (Å²) in [6.45, 7) is 6.14. The first-order valence-corrected chi connectivity index (χ1v) is 8.18. The highest BCUT2D eigenvalue weighted by molar-refractivity contribution is 7.99. The van der Waals surface area contributed by atoms with Gasteiger partial charge in [-0.05, 0) is 26.3 Å². The van der Waals surface area contributed by atoms with Gasteiger partial charge in [0.25, 0.3) is 0 Å². The predicted molar refractivity (Wildman–Crippen MR) is 88.6 cm³/mol. The smallest absolute Gasteiger partial charge is 0.235 e. The molecule has 0 aliphatic rings. The zero-order chi connectivity index (χ0) is 15.2. The lowest BCUT2D eigenvalue weighted by Gasteiger charge is -2.11. The number of benzene rings is 1. The Balaban J connectivity index is 1.79. The minimum Gasteiger partial charge on any atom is -0.310 e. The summed E-state index contributed by atoms with van der Waals surface area (Å²) in [6.07, 6.45) is 1.70. The largest absolute Gasteiger partial charge is 0.310 e. The van der Waals surface area contributed by atoms with E-state index in [0.717, 1.165) is 11.6 Å². The molecule has 0 bridgehead atoms. The molecular weight excluding hydrogens is 282 g/mol. The van der Waals surface area contributed by atoms with E-state index in [2.05, 4.69) is 41.6 Å². The van der Waals surface area contributed by atoms with Crippen LogP contribution < -0.4 is 5.32 Å². The Morgan fingerprint density at radius 3 is 2.67 bits per heavy atom. The summed E-state index contributed by atoms with van der Waals surface area (Å²) in [6, 6.07) is 10.5. The van der Waals surface area contributed by atoms with E-state index in [1.54, 1.807) is 18.0 Å². The summed E-state index contributed by atoms with van der Waals surface area (Å²) in [5.41, 5.74) is 2.49. The molecule has 21 heavy (non-hydrogen) atoms. The number of carbonyl (C=O) groups excluding carboxylic acids is 1. The Hall–Kier alpha value is -1.75. The highest BCUT2D eigenvalue weighted by atomic mass is 32.2. The molecule has 0 aliphatic carbocycles. The number of aromatic nitrogens is 2. The van der Waals surface area contributed by atoms with Crippen LogP contribution in [0.2, 0.25) is 0 Å². The first-order chi connectivity index (χ1) is 10.1. The Bertz CT molecular complexity index is 590. The minimum atomic E-state index is 0.00881. The van der Waals surface area contributed by atoms with Crippen LogP contribution in [0.25, 0.3) is 0 Å². The molecule has 1 amide bonds. The lowest BCUT2D eigenvalue weighted by molar-refractivity contribution is -0.113. The van der Waals surface area contributed by atoms with E-state index in [4.69, 9.17) is 0 Å². The van der Waals surface area contributed by atoms with Crippen molar-refractivity contribution >= 4 is 23.5 Å². The van der Waals surface area contributed by atoms with Crippen molar-refractivity contribution in [1.82, 2.24) is 9.78 Å². The van der Waals surface area contributed by atoms with Gasteiger partial charge in [-0.2, -0.15) is 5.10 Å². The van der Waals surface area contributed by atoms with Crippen molar-refractivity contribution in [3.63, 3.8) is 0 Å². The molecule has 112 valence electrons. The SMILES string of the molecule is Cc1ccc(CSCC(=O)Nc2ccnn2C(C)C)cc1. The van der Waals surface area contributed by atoms with Crippen LogP contribution in [0.15, 0.2) is 36.5 Å². The van der Waals surface area contributed by atoms with Crippen molar-refractivity contribution in [3.05, 3.63) is 47.7 Å². The molecule has 5 heteroatoms. The third-order valence-electron chi connectivity index (χ3n) is 3.05. The Morgan fingerprint density at radius 1 is 1.29 bits per heavy atom. The number of carbonyl (C=O) groups is 1. The quantitative estimate of drug-likeness (QED) is 0.886. The number of amides is 1. The van der Waals surface area contributed by atoms with Gasteiger partial charge in [-0.15, -0.1) is 11.8 Å². The van der Waals surface area contributed by atoms with E-state index in [1.165, 1.54) is 11.1 Å². The van der Waals surface area contributed by atoms with Gasteiger partial charge in [0.2, 0.25) is 5.91 Å². The molecule has 0 aliphatic heterocycles. The van der Waals surface area contributed by atoms with Crippen LogP contribution in [0.3, 0.4) is 0 Å². The lowest BCUT2D eigenvalue weighted by Crippen LogP contribution is -2.18. The Morgan fingerprint density at radius 2 is 2.00 bits per heavy atom. The number of anilines is 1. The monoisotopic (exact) mass is 303 g/mol. The molecule has 0 fully saturated rings. The fourth-order valence-electron chi connectivity index (χ4n) is 1.95. The molecule has 0 radical (unpaired) electrons. The molecule has 4 nitrogen and oxygen atoms in total. The van der Waals surface area contributed by atoms with Crippen molar-refractivity contribution in [2.45, 2.75) is 32.6 Å². The molecule has 1 N–H and O–H groups in total. The molecule has 2 rings (SSSR count). The van der Waals surface area contributed by atoms with Gasteiger partial charge in [-0.1, -0.05) is 29.8 Å². The van der Waals surface area contributed by atoms with E-state index < -0.39 is 0 Å². The maximum atomic E-state index is 12.0. The zero-order valence-corrected chi connectivity index (χ0v) is 13.5. The standard InChI is InChI=1S/C16H21N3OS/c1-12(2)19-15(8-9-17-19)18-16(20)11-21-10-14-6-4-13(3)5-7-14/h4-9,12H,10-11H2,1-3H3,(H,18,20). The van der Waals surface area contributed by atoms with E-state index in [0.29, 0.717) is 5.75 Å². The van der Waals surface area contributed by atoms with Gasteiger partial charge < -0.3 is 5.32 Å². The van der Waals surface area contributed by atoms with Crippen molar-refractivity contribution in [2.24, 2.45) is 0 Å². The third kappa shape index (κ3) is 4.63. The summed E-state index contributed by atoms with van der Waals surface area (Å²) in [5.74, 6) is 2.05. The highest BCUT2D eigenvalue weighted by Crippen LogP contribution is 2.15. The minimum absolute atomic E-state index is 0.00881. The molecule has 0 saturated heterocycles. The molecule has 1 aromatic heterocycles. The van der Waals surface area contributed by atoms with Crippen LogP contribution in [0, 0.1) is 6.92 Å². The molecule has 0 unspecified atom stereocenters. The summed E-state index contributed by atoms with van der Waals surface area (Å²) in [5, 5.41) is 7.11. The fraction of sp³-hybridized carbons (Fsp3) is 0.375. The average molecular weight is 303 g/mol. The molecule has 0 saturated carbocycles. The van der Waals surface area contributed by atoms with E-state index in [-0.39, 0.29) is 11.9 Å². The second-order valence-corrected chi connectivity index (χ2v) is 6.27. The van der Waals surface area contributed by atoms with Gasteiger partial charge >= 0.3 is 0 Å². The van der Waals surface area contributed by atoms with Crippen LogP contribution in [0.4, 0.5) is 5.82 Å². The van der Waals surface area contributed by atoms with Crippen molar-refractivity contribution in [3.8, 4) is 0 Å². The van der Waals surface area contributed by atoms with Crippen LogP contribution >= 0.6 is 11.8 Å².